The summed E-state index contributed by atoms with van der Waals surface area (Å²) in [5.41, 5.74) is 2.25. The number of hydrogen-bond donors (Lipinski definition) is 1. The Morgan fingerprint density at radius 2 is 1.94 bits per heavy atom. The van der Waals surface area contributed by atoms with Gasteiger partial charge in [0.25, 0.3) is 5.56 Å². The maximum Gasteiger partial charge on any atom is 0.334 e. The lowest BCUT2D eigenvalue weighted by Crippen LogP contribution is -2.33. The molecule has 3 aromatic heterocycles. The summed E-state index contributed by atoms with van der Waals surface area (Å²) in [6.45, 7) is 6.68. The standard InChI is InChI=1S/C28H32N4O3S/c1-28(2)12-15-31(17-28)23(33)11-14-30-13-10-18-16-19(8-9-21(18)30)32-26(34)24-20-6-4-3-5-7-22(20)36-25(24)29-27(32)35/h8-10,13,16H,3-7,11-12,14-15,17H2,1-2H3,(H,29,35). The second-order valence-corrected chi connectivity index (χ2v) is 12.2. The van der Waals surface area contributed by atoms with Crippen LogP contribution in [-0.4, -0.2) is 38.0 Å². The molecule has 36 heavy (non-hydrogen) atoms. The van der Waals surface area contributed by atoms with E-state index in [9.17, 15) is 14.4 Å². The molecule has 7 nitrogen and oxygen atoms in total. The number of carbonyl (C=O) groups excluding carboxylic acids is 1. The molecule has 1 fully saturated rings. The van der Waals surface area contributed by atoms with Gasteiger partial charge < -0.3 is 9.47 Å². The number of H-pyrrole nitrogens is 1. The van der Waals surface area contributed by atoms with E-state index in [0.717, 1.165) is 61.7 Å². The zero-order valence-electron chi connectivity index (χ0n) is 20.9. The predicted octanol–water partition coefficient (Wildman–Crippen LogP) is 4.61. The van der Waals surface area contributed by atoms with E-state index in [1.165, 1.54) is 15.9 Å². The zero-order valence-corrected chi connectivity index (χ0v) is 21.7. The topological polar surface area (TPSA) is 80.1 Å². The van der Waals surface area contributed by atoms with Gasteiger partial charge in [0.2, 0.25) is 5.91 Å². The zero-order chi connectivity index (χ0) is 25.0. The molecule has 1 amide bonds. The number of thiophene rings is 1. The normalized spacial score (nSPS) is 17.6. The molecule has 1 aliphatic heterocycles. The molecule has 188 valence electrons. The Hall–Kier alpha value is -3.13. The summed E-state index contributed by atoms with van der Waals surface area (Å²) in [5.74, 6) is 0.195. The first-order chi connectivity index (χ1) is 17.3. The van der Waals surface area contributed by atoms with E-state index in [4.69, 9.17) is 0 Å². The number of aromatic nitrogens is 3. The van der Waals surface area contributed by atoms with E-state index in [-0.39, 0.29) is 16.9 Å². The van der Waals surface area contributed by atoms with Crippen molar-refractivity contribution in [2.45, 2.75) is 65.3 Å². The molecule has 1 N–H and O–H groups in total. The Labute approximate surface area is 213 Å². The third kappa shape index (κ3) is 4.01. The highest BCUT2D eigenvalue weighted by Gasteiger charge is 2.31. The van der Waals surface area contributed by atoms with Crippen LogP contribution >= 0.6 is 11.3 Å². The number of fused-ring (bicyclic) bond motifs is 4. The van der Waals surface area contributed by atoms with Crippen LogP contribution in [0.2, 0.25) is 0 Å². The number of carbonyl (C=O) groups is 1. The van der Waals surface area contributed by atoms with E-state index in [1.807, 2.05) is 35.4 Å². The van der Waals surface area contributed by atoms with E-state index < -0.39 is 5.69 Å². The third-order valence-corrected chi connectivity index (χ3v) is 9.08. The monoisotopic (exact) mass is 504 g/mol. The van der Waals surface area contributed by atoms with Crippen LogP contribution in [0.25, 0.3) is 26.8 Å². The second kappa shape index (κ2) is 8.76. The molecule has 0 saturated carbocycles. The molecule has 0 radical (unpaired) electrons. The van der Waals surface area contributed by atoms with Crippen molar-refractivity contribution in [3.8, 4) is 5.69 Å². The number of likely N-dealkylation sites (tertiary alicyclic amines) is 1. The van der Waals surface area contributed by atoms with Gasteiger partial charge in [-0.05, 0) is 67.3 Å². The maximum atomic E-state index is 13.6. The Morgan fingerprint density at radius 1 is 1.11 bits per heavy atom. The van der Waals surface area contributed by atoms with Gasteiger partial charge in [-0.1, -0.05) is 20.3 Å². The minimum absolute atomic E-state index is 0.195. The largest absolute Gasteiger partial charge is 0.347 e. The van der Waals surface area contributed by atoms with Crippen molar-refractivity contribution in [1.82, 2.24) is 19.0 Å². The van der Waals surface area contributed by atoms with Crippen LogP contribution in [0.4, 0.5) is 0 Å². The maximum absolute atomic E-state index is 13.6. The molecular formula is C28H32N4O3S. The van der Waals surface area contributed by atoms with Gasteiger partial charge in [-0.3, -0.25) is 14.6 Å². The molecular weight excluding hydrogens is 472 g/mol. The molecule has 4 heterocycles. The van der Waals surface area contributed by atoms with Crippen molar-refractivity contribution in [3.63, 3.8) is 0 Å². The number of benzene rings is 1. The SMILES string of the molecule is CC1(C)CCN(C(=O)CCn2ccc3cc(-n4c(=O)[nH]c5sc6c(c5c4=O)CCCCC6)ccc32)C1. The molecule has 0 spiro atoms. The highest BCUT2D eigenvalue weighted by Crippen LogP contribution is 2.33. The van der Waals surface area contributed by atoms with Crippen LogP contribution in [0.5, 0.6) is 0 Å². The van der Waals surface area contributed by atoms with Crippen LogP contribution in [0, 0.1) is 5.41 Å². The van der Waals surface area contributed by atoms with Gasteiger partial charge in [-0.15, -0.1) is 11.3 Å². The fraction of sp³-hybridized carbons (Fsp3) is 0.464. The van der Waals surface area contributed by atoms with Gasteiger partial charge in [0.15, 0.2) is 0 Å². The fourth-order valence-corrected chi connectivity index (χ4v) is 7.14. The number of aryl methyl sites for hydroxylation is 3. The number of nitrogens with one attached hydrogen (secondary N) is 1. The van der Waals surface area contributed by atoms with Crippen LogP contribution in [0.15, 0.2) is 40.1 Å². The van der Waals surface area contributed by atoms with Crippen molar-refractivity contribution in [2.75, 3.05) is 13.1 Å². The predicted molar refractivity (Wildman–Crippen MR) is 144 cm³/mol. The Balaban J connectivity index is 1.30. The minimum atomic E-state index is -0.401. The molecule has 0 bridgehead atoms. The molecule has 2 aliphatic rings. The highest BCUT2D eigenvalue weighted by atomic mass is 32.1. The van der Waals surface area contributed by atoms with E-state index >= 15 is 0 Å². The number of hydrogen-bond acceptors (Lipinski definition) is 4. The van der Waals surface area contributed by atoms with Crippen molar-refractivity contribution in [1.29, 1.82) is 0 Å². The summed E-state index contributed by atoms with van der Waals surface area (Å²) in [6, 6.07) is 7.65. The van der Waals surface area contributed by atoms with E-state index in [2.05, 4.69) is 23.4 Å². The fourth-order valence-electron chi connectivity index (χ4n) is 5.87. The van der Waals surface area contributed by atoms with Crippen molar-refractivity contribution < 1.29 is 4.79 Å². The molecule has 8 heteroatoms. The lowest BCUT2D eigenvalue weighted by Gasteiger charge is -2.20. The summed E-state index contributed by atoms with van der Waals surface area (Å²) in [4.78, 5) is 46.2. The van der Waals surface area contributed by atoms with Gasteiger partial charge in [0.1, 0.15) is 4.83 Å². The highest BCUT2D eigenvalue weighted by molar-refractivity contribution is 7.18. The summed E-state index contributed by atoms with van der Waals surface area (Å²) < 4.78 is 3.35. The molecule has 1 aliphatic carbocycles. The Kier molecular flexibility index (Phi) is 5.67. The first-order valence-corrected chi connectivity index (χ1v) is 13.8. The summed E-state index contributed by atoms with van der Waals surface area (Å²) in [5, 5.41) is 1.62. The number of rotatable bonds is 4. The van der Waals surface area contributed by atoms with Crippen molar-refractivity contribution in [2.24, 2.45) is 5.41 Å². The Morgan fingerprint density at radius 3 is 2.75 bits per heavy atom. The average molecular weight is 505 g/mol. The molecule has 6 rings (SSSR count). The number of amides is 1. The first kappa shape index (κ1) is 23.3. The van der Waals surface area contributed by atoms with Crippen molar-refractivity contribution >= 4 is 38.4 Å². The summed E-state index contributed by atoms with van der Waals surface area (Å²) in [6.07, 6.45) is 8.75. The molecule has 1 saturated heterocycles. The van der Waals surface area contributed by atoms with Gasteiger partial charge in [0, 0.05) is 48.0 Å². The third-order valence-electron chi connectivity index (χ3n) is 7.87. The summed E-state index contributed by atoms with van der Waals surface area (Å²) >= 11 is 1.56. The molecule has 0 atom stereocenters. The van der Waals surface area contributed by atoms with Crippen LogP contribution in [0.3, 0.4) is 0 Å². The van der Waals surface area contributed by atoms with Gasteiger partial charge >= 0.3 is 5.69 Å². The van der Waals surface area contributed by atoms with E-state index in [1.54, 1.807) is 11.3 Å². The van der Waals surface area contributed by atoms with Gasteiger partial charge in [-0.25, -0.2) is 9.36 Å². The summed E-state index contributed by atoms with van der Waals surface area (Å²) in [7, 11) is 0. The van der Waals surface area contributed by atoms with Crippen LogP contribution < -0.4 is 11.2 Å². The second-order valence-electron chi connectivity index (χ2n) is 11.1. The van der Waals surface area contributed by atoms with Crippen molar-refractivity contribution in [3.05, 3.63) is 61.7 Å². The quantitative estimate of drug-likeness (QED) is 0.412. The van der Waals surface area contributed by atoms with Gasteiger partial charge in [0.05, 0.1) is 11.1 Å². The van der Waals surface area contributed by atoms with E-state index in [0.29, 0.717) is 28.9 Å². The van der Waals surface area contributed by atoms with Gasteiger partial charge in [-0.2, -0.15) is 0 Å². The minimum Gasteiger partial charge on any atom is -0.347 e. The smallest absolute Gasteiger partial charge is 0.334 e. The lowest BCUT2D eigenvalue weighted by molar-refractivity contribution is -0.130. The number of aromatic amines is 1. The molecule has 1 aromatic carbocycles. The number of nitrogens with zero attached hydrogens (tertiary/aromatic N) is 3. The van der Waals surface area contributed by atoms with Crippen LogP contribution in [0.1, 0.15) is 56.4 Å². The Bertz CT molecular complexity index is 1600. The molecule has 4 aromatic rings. The lowest BCUT2D eigenvalue weighted by atomic mass is 9.93. The average Bonchev–Trinajstić information content (AvgIpc) is 3.47. The van der Waals surface area contributed by atoms with Crippen LogP contribution in [-0.2, 0) is 24.2 Å². The first-order valence-electron chi connectivity index (χ1n) is 13.0. The molecule has 0 unspecified atom stereocenters.